The Kier molecular flexibility index (Phi) is 11.6. The molecular weight excluding hydrogens is 502 g/mol. The van der Waals surface area contributed by atoms with Crippen molar-refractivity contribution in [3.63, 3.8) is 0 Å². The fourth-order valence-electron chi connectivity index (χ4n) is 2.48. The maximum absolute atomic E-state index is 13.2. The van der Waals surface area contributed by atoms with Crippen LogP contribution in [0.1, 0.15) is 13.8 Å². The van der Waals surface area contributed by atoms with Crippen LogP contribution >= 0.6 is 24.0 Å². The number of hydrogen-bond donors (Lipinski definition) is 3. The molecule has 0 aromatic heterocycles. The highest BCUT2D eigenvalue weighted by Gasteiger charge is 2.06. The van der Waals surface area contributed by atoms with Crippen LogP contribution in [-0.4, -0.2) is 44.7 Å². The fourth-order valence-corrected chi connectivity index (χ4v) is 2.48. The number of rotatable bonds is 9. The second-order valence-corrected chi connectivity index (χ2v) is 6.32. The Balaban J connectivity index is 0.00000450. The summed E-state index contributed by atoms with van der Waals surface area (Å²) in [6, 6.07) is 13.2. The van der Waals surface area contributed by atoms with E-state index in [0.29, 0.717) is 42.8 Å². The van der Waals surface area contributed by atoms with Gasteiger partial charge < -0.3 is 25.4 Å². The smallest absolute Gasteiger partial charge is 0.221 e. The van der Waals surface area contributed by atoms with E-state index in [1.165, 1.54) is 19.1 Å². The third-order valence-electron chi connectivity index (χ3n) is 3.73. The summed E-state index contributed by atoms with van der Waals surface area (Å²) in [4.78, 5) is 15.3. The second-order valence-electron chi connectivity index (χ2n) is 6.32. The van der Waals surface area contributed by atoms with Gasteiger partial charge >= 0.3 is 0 Å². The number of hydrogen-bond acceptors (Lipinski definition) is 4. The van der Waals surface area contributed by atoms with Gasteiger partial charge in [0.1, 0.15) is 30.0 Å². The van der Waals surface area contributed by atoms with Gasteiger partial charge in [-0.3, -0.25) is 9.79 Å². The molecule has 2 aromatic carbocycles. The first kappa shape index (κ1) is 25.5. The third kappa shape index (κ3) is 9.77. The van der Waals surface area contributed by atoms with Gasteiger partial charge in [0.15, 0.2) is 5.96 Å². The molecule has 1 unspecified atom stereocenters. The van der Waals surface area contributed by atoms with Crippen LogP contribution < -0.4 is 25.4 Å². The standard InChI is InChI=1S/C21H27FN4O3.HI/c1-15(29-20-9-4-6-17(22)12-20)14-25-21(23-3)24-10-11-28-19-8-5-7-18(13-19)26-16(2)27;/h4-9,12-13,15H,10-11,14H2,1-3H3,(H,26,27)(H2,23,24,25);1H. The number of nitrogens with zero attached hydrogens (tertiary/aromatic N) is 1. The summed E-state index contributed by atoms with van der Waals surface area (Å²) in [6.07, 6.45) is -0.178. The molecule has 2 aromatic rings. The lowest BCUT2D eigenvalue weighted by molar-refractivity contribution is -0.114. The van der Waals surface area contributed by atoms with Crippen molar-refractivity contribution >= 4 is 41.5 Å². The molecule has 0 saturated heterocycles. The summed E-state index contributed by atoms with van der Waals surface area (Å²) < 4.78 is 24.6. The van der Waals surface area contributed by atoms with Crippen LogP contribution in [0, 0.1) is 5.82 Å². The van der Waals surface area contributed by atoms with Crippen molar-refractivity contribution in [2.24, 2.45) is 4.99 Å². The van der Waals surface area contributed by atoms with E-state index in [2.05, 4.69) is 20.9 Å². The lowest BCUT2D eigenvalue weighted by Gasteiger charge is -2.18. The van der Waals surface area contributed by atoms with Crippen molar-refractivity contribution in [2.45, 2.75) is 20.0 Å². The second kappa shape index (κ2) is 13.6. The highest BCUT2D eigenvalue weighted by atomic mass is 127. The number of aliphatic imine (C=N–C) groups is 1. The van der Waals surface area contributed by atoms with E-state index in [0.717, 1.165) is 0 Å². The molecular formula is C21H28FIN4O3. The Labute approximate surface area is 193 Å². The number of carbonyl (C=O) groups excluding carboxylic acids is 1. The molecule has 2 rings (SSSR count). The lowest BCUT2D eigenvalue weighted by atomic mass is 10.3. The van der Waals surface area contributed by atoms with Crippen molar-refractivity contribution < 1.29 is 18.7 Å². The number of benzene rings is 2. The molecule has 0 fully saturated rings. The molecule has 0 heterocycles. The average Bonchev–Trinajstić information content (AvgIpc) is 2.67. The van der Waals surface area contributed by atoms with Gasteiger partial charge in [-0.2, -0.15) is 0 Å². The Bertz CT molecular complexity index is 835. The lowest BCUT2D eigenvalue weighted by Crippen LogP contribution is -2.43. The van der Waals surface area contributed by atoms with Crippen molar-refractivity contribution in [2.75, 3.05) is 32.1 Å². The Morgan fingerprint density at radius 3 is 2.57 bits per heavy atom. The van der Waals surface area contributed by atoms with Gasteiger partial charge in [0, 0.05) is 31.8 Å². The Morgan fingerprint density at radius 2 is 1.87 bits per heavy atom. The van der Waals surface area contributed by atoms with E-state index in [1.807, 2.05) is 19.1 Å². The maximum Gasteiger partial charge on any atom is 0.221 e. The normalized spacial score (nSPS) is 11.7. The molecule has 1 atom stereocenters. The molecule has 3 N–H and O–H groups in total. The molecule has 0 aliphatic carbocycles. The zero-order chi connectivity index (χ0) is 21.1. The van der Waals surface area contributed by atoms with Gasteiger partial charge in [0.05, 0.1) is 13.1 Å². The summed E-state index contributed by atoms with van der Waals surface area (Å²) in [6.45, 7) is 4.79. The SMILES string of the molecule is CN=C(NCCOc1cccc(NC(C)=O)c1)NCC(C)Oc1cccc(F)c1.I. The van der Waals surface area contributed by atoms with Gasteiger partial charge in [-0.25, -0.2) is 4.39 Å². The number of halogens is 2. The minimum Gasteiger partial charge on any atom is -0.492 e. The van der Waals surface area contributed by atoms with Crippen LogP contribution in [0.15, 0.2) is 53.5 Å². The summed E-state index contributed by atoms with van der Waals surface area (Å²) in [7, 11) is 1.67. The summed E-state index contributed by atoms with van der Waals surface area (Å²) >= 11 is 0. The number of guanidine groups is 1. The van der Waals surface area contributed by atoms with E-state index in [4.69, 9.17) is 9.47 Å². The first-order valence-electron chi connectivity index (χ1n) is 9.33. The summed E-state index contributed by atoms with van der Waals surface area (Å²) in [5.41, 5.74) is 0.688. The number of ether oxygens (including phenoxy) is 2. The third-order valence-corrected chi connectivity index (χ3v) is 3.73. The van der Waals surface area contributed by atoms with Gasteiger partial charge in [0.2, 0.25) is 5.91 Å². The van der Waals surface area contributed by atoms with Gasteiger partial charge in [-0.1, -0.05) is 12.1 Å². The van der Waals surface area contributed by atoms with E-state index in [1.54, 1.807) is 31.3 Å². The fraction of sp³-hybridized carbons (Fsp3) is 0.333. The number of carbonyl (C=O) groups is 1. The molecule has 1 amide bonds. The van der Waals surface area contributed by atoms with E-state index < -0.39 is 0 Å². The zero-order valence-electron chi connectivity index (χ0n) is 17.3. The Morgan fingerprint density at radius 1 is 1.13 bits per heavy atom. The number of amides is 1. The monoisotopic (exact) mass is 530 g/mol. The molecule has 164 valence electrons. The van der Waals surface area contributed by atoms with Crippen molar-refractivity contribution in [1.29, 1.82) is 0 Å². The van der Waals surface area contributed by atoms with Crippen LogP contribution in [0.2, 0.25) is 0 Å². The van der Waals surface area contributed by atoms with Crippen molar-refractivity contribution in [3.8, 4) is 11.5 Å². The molecule has 0 aliphatic heterocycles. The quantitative estimate of drug-likeness (QED) is 0.200. The number of nitrogens with one attached hydrogen (secondary N) is 3. The van der Waals surface area contributed by atoms with Crippen LogP contribution in [0.3, 0.4) is 0 Å². The molecule has 0 bridgehead atoms. The molecule has 0 aliphatic rings. The van der Waals surface area contributed by atoms with Crippen LogP contribution in [0.25, 0.3) is 0 Å². The molecule has 0 spiro atoms. The zero-order valence-corrected chi connectivity index (χ0v) is 19.6. The number of anilines is 1. The molecule has 30 heavy (non-hydrogen) atoms. The van der Waals surface area contributed by atoms with E-state index in [9.17, 15) is 9.18 Å². The summed E-state index contributed by atoms with van der Waals surface area (Å²) in [5.74, 6) is 1.29. The predicted octanol–water partition coefficient (Wildman–Crippen LogP) is 3.41. The van der Waals surface area contributed by atoms with Gasteiger partial charge in [-0.15, -0.1) is 24.0 Å². The first-order valence-corrected chi connectivity index (χ1v) is 9.33. The summed E-state index contributed by atoms with van der Waals surface area (Å²) in [5, 5.41) is 9.01. The molecule has 0 saturated carbocycles. The maximum atomic E-state index is 13.2. The van der Waals surface area contributed by atoms with Crippen LogP contribution in [0.5, 0.6) is 11.5 Å². The van der Waals surface area contributed by atoms with Crippen LogP contribution in [0.4, 0.5) is 10.1 Å². The van der Waals surface area contributed by atoms with Crippen molar-refractivity contribution in [1.82, 2.24) is 10.6 Å². The topological polar surface area (TPSA) is 84.0 Å². The van der Waals surface area contributed by atoms with Crippen LogP contribution in [-0.2, 0) is 4.79 Å². The highest BCUT2D eigenvalue weighted by molar-refractivity contribution is 14.0. The van der Waals surface area contributed by atoms with Crippen molar-refractivity contribution in [3.05, 3.63) is 54.3 Å². The highest BCUT2D eigenvalue weighted by Crippen LogP contribution is 2.17. The molecule has 7 nitrogen and oxygen atoms in total. The Hall–Kier alpha value is -2.56. The predicted molar refractivity (Wildman–Crippen MR) is 128 cm³/mol. The average molecular weight is 530 g/mol. The minimum atomic E-state index is -0.331. The molecule has 0 radical (unpaired) electrons. The van der Waals surface area contributed by atoms with E-state index >= 15 is 0 Å². The van der Waals surface area contributed by atoms with Gasteiger partial charge in [0.25, 0.3) is 0 Å². The van der Waals surface area contributed by atoms with Gasteiger partial charge in [-0.05, 0) is 31.2 Å². The largest absolute Gasteiger partial charge is 0.492 e. The minimum absolute atomic E-state index is 0. The molecule has 9 heteroatoms. The van der Waals surface area contributed by atoms with E-state index in [-0.39, 0.29) is 41.8 Å². The first-order chi connectivity index (χ1) is 14.0.